The van der Waals surface area contributed by atoms with Gasteiger partial charge in [0, 0.05) is 18.9 Å². The van der Waals surface area contributed by atoms with Crippen LogP contribution in [0.1, 0.15) is 39.5 Å². The van der Waals surface area contributed by atoms with Gasteiger partial charge in [-0.15, -0.1) is 0 Å². The van der Waals surface area contributed by atoms with Crippen molar-refractivity contribution in [3.05, 3.63) is 0 Å². The molecule has 2 heterocycles. The number of piperidine rings is 1. The van der Waals surface area contributed by atoms with E-state index < -0.39 is 5.79 Å². The number of ether oxygens (including phenoxy) is 2. The van der Waals surface area contributed by atoms with Crippen LogP contribution in [0.15, 0.2) is 0 Å². The molecular weight excluding hydrogens is 218 g/mol. The second-order valence-corrected chi connectivity index (χ2v) is 4.98. The highest BCUT2D eigenvalue weighted by Gasteiger charge is 2.42. The van der Waals surface area contributed by atoms with Crippen molar-refractivity contribution in [3.63, 3.8) is 0 Å². The van der Waals surface area contributed by atoms with Gasteiger partial charge in [-0.05, 0) is 19.3 Å². The molecule has 0 saturated carbocycles. The molecule has 1 spiro atoms. The summed E-state index contributed by atoms with van der Waals surface area (Å²) in [6.45, 7) is 6.94. The van der Waals surface area contributed by atoms with Crippen LogP contribution in [-0.4, -0.2) is 42.9 Å². The van der Waals surface area contributed by atoms with Crippen molar-refractivity contribution in [3.8, 4) is 0 Å². The molecule has 0 atom stereocenters. The SMILES string of the molecule is CCC(CC)C(=O)N1CCCC2(C1)OCCO2. The summed E-state index contributed by atoms with van der Waals surface area (Å²) in [5.41, 5.74) is 0. The predicted octanol–water partition coefficient (Wildman–Crippen LogP) is 1.79. The highest BCUT2D eigenvalue weighted by Crippen LogP contribution is 2.31. The maximum atomic E-state index is 12.3. The second-order valence-electron chi connectivity index (χ2n) is 4.98. The Morgan fingerprint density at radius 3 is 2.53 bits per heavy atom. The highest BCUT2D eigenvalue weighted by molar-refractivity contribution is 5.78. The average molecular weight is 241 g/mol. The number of amides is 1. The Labute approximate surface area is 103 Å². The van der Waals surface area contributed by atoms with Gasteiger partial charge in [0.2, 0.25) is 5.91 Å². The van der Waals surface area contributed by atoms with Crippen LogP contribution in [0.5, 0.6) is 0 Å². The Balaban J connectivity index is 1.99. The summed E-state index contributed by atoms with van der Waals surface area (Å²) in [6.07, 6.45) is 3.73. The van der Waals surface area contributed by atoms with Gasteiger partial charge in [0.1, 0.15) is 0 Å². The number of carbonyl (C=O) groups is 1. The second kappa shape index (κ2) is 5.36. The van der Waals surface area contributed by atoms with Crippen LogP contribution in [-0.2, 0) is 14.3 Å². The molecule has 4 nitrogen and oxygen atoms in total. The molecule has 2 aliphatic rings. The number of likely N-dealkylation sites (tertiary alicyclic amines) is 1. The quantitative estimate of drug-likeness (QED) is 0.756. The predicted molar refractivity (Wildman–Crippen MR) is 64.5 cm³/mol. The summed E-state index contributed by atoms with van der Waals surface area (Å²) in [7, 11) is 0. The van der Waals surface area contributed by atoms with E-state index in [0.29, 0.717) is 19.8 Å². The fraction of sp³-hybridized carbons (Fsp3) is 0.923. The fourth-order valence-corrected chi connectivity index (χ4v) is 2.81. The minimum atomic E-state index is -0.486. The first-order valence-electron chi connectivity index (χ1n) is 6.77. The smallest absolute Gasteiger partial charge is 0.225 e. The first kappa shape index (κ1) is 12.8. The Hall–Kier alpha value is -0.610. The van der Waals surface area contributed by atoms with E-state index in [1.54, 1.807) is 0 Å². The summed E-state index contributed by atoms with van der Waals surface area (Å²) >= 11 is 0. The van der Waals surface area contributed by atoms with Crippen molar-refractivity contribution in [2.75, 3.05) is 26.3 Å². The standard InChI is InChI=1S/C13H23NO3/c1-3-11(4-2)12(15)14-7-5-6-13(10-14)16-8-9-17-13/h11H,3-10H2,1-2H3. The summed E-state index contributed by atoms with van der Waals surface area (Å²) in [4.78, 5) is 14.3. The lowest BCUT2D eigenvalue weighted by molar-refractivity contribution is -0.194. The van der Waals surface area contributed by atoms with Gasteiger partial charge in [0.25, 0.3) is 0 Å². The summed E-state index contributed by atoms with van der Waals surface area (Å²) in [5, 5.41) is 0. The van der Waals surface area contributed by atoms with Crippen molar-refractivity contribution in [1.82, 2.24) is 4.90 Å². The van der Waals surface area contributed by atoms with E-state index in [0.717, 1.165) is 32.2 Å². The molecule has 0 N–H and O–H groups in total. The van der Waals surface area contributed by atoms with Crippen LogP contribution >= 0.6 is 0 Å². The molecule has 2 rings (SSSR count). The van der Waals surface area contributed by atoms with E-state index in [1.165, 1.54) is 0 Å². The van der Waals surface area contributed by atoms with Gasteiger partial charge in [-0.2, -0.15) is 0 Å². The van der Waals surface area contributed by atoms with Crippen LogP contribution < -0.4 is 0 Å². The molecule has 98 valence electrons. The summed E-state index contributed by atoms with van der Waals surface area (Å²) in [5.74, 6) is -0.0559. The Morgan fingerprint density at radius 2 is 1.94 bits per heavy atom. The largest absolute Gasteiger partial charge is 0.346 e. The number of carbonyl (C=O) groups excluding carboxylic acids is 1. The van der Waals surface area contributed by atoms with Crippen molar-refractivity contribution < 1.29 is 14.3 Å². The molecule has 2 saturated heterocycles. The third kappa shape index (κ3) is 2.63. The maximum absolute atomic E-state index is 12.3. The Morgan fingerprint density at radius 1 is 1.29 bits per heavy atom. The zero-order valence-corrected chi connectivity index (χ0v) is 10.9. The topological polar surface area (TPSA) is 38.8 Å². The Bertz CT molecular complexity index is 270. The summed E-state index contributed by atoms with van der Waals surface area (Å²) < 4.78 is 11.4. The van der Waals surface area contributed by atoms with Crippen LogP contribution in [0.3, 0.4) is 0 Å². The average Bonchev–Trinajstić information content (AvgIpc) is 2.78. The van der Waals surface area contributed by atoms with Gasteiger partial charge in [0.15, 0.2) is 5.79 Å². The van der Waals surface area contributed by atoms with E-state index in [2.05, 4.69) is 13.8 Å². The van der Waals surface area contributed by atoms with Gasteiger partial charge >= 0.3 is 0 Å². The van der Waals surface area contributed by atoms with Gasteiger partial charge in [-0.25, -0.2) is 0 Å². The molecule has 0 aromatic rings. The monoisotopic (exact) mass is 241 g/mol. The highest BCUT2D eigenvalue weighted by atomic mass is 16.7. The van der Waals surface area contributed by atoms with E-state index in [-0.39, 0.29) is 11.8 Å². The van der Waals surface area contributed by atoms with Gasteiger partial charge in [0.05, 0.1) is 19.8 Å². The lowest BCUT2D eigenvalue weighted by atomic mass is 9.98. The van der Waals surface area contributed by atoms with E-state index in [4.69, 9.17) is 9.47 Å². The first-order chi connectivity index (χ1) is 8.21. The van der Waals surface area contributed by atoms with Crippen LogP contribution in [0.25, 0.3) is 0 Å². The molecule has 0 aliphatic carbocycles. The van der Waals surface area contributed by atoms with E-state index in [1.807, 2.05) is 4.90 Å². The zero-order chi connectivity index (χ0) is 12.3. The Kier molecular flexibility index (Phi) is 4.05. The minimum Gasteiger partial charge on any atom is -0.346 e. The van der Waals surface area contributed by atoms with Crippen LogP contribution in [0.4, 0.5) is 0 Å². The minimum absolute atomic E-state index is 0.159. The third-order valence-corrected chi connectivity index (χ3v) is 3.88. The van der Waals surface area contributed by atoms with E-state index in [9.17, 15) is 4.79 Å². The molecule has 1 amide bonds. The molecule has 0 aromatic carbocycles. The lowest BCUT2D eigenvalue weighted by Gasteiger charge is -2.39. The normalized spacial score (nSPS) is 23.6. The lowest BCUT2D eigenvalue weighted by Crippen LogP contribution is -2.52. The molecule has 0 radical (unpaired) electrons. The molecule has 0 unspecified atom stereocenters. The molecule has 0 aromatic heterocycles. The third-order valence-electron chi connectivity index (χ3n) is 3.88. The molecule has 4 heteroatoms. The fourth-order valence-electron chi connectivity index (χ4n) is 2.81. The van der Waals surface area contributed by atoms with Gasteiger partial charge in [-0.1, -0.05) is 13.8 Å². The number of hydrogen-bond donors (Lipinski definition) is 0. The molecule has 2 aliphatic heterocycles. The summed E-state index contributed by atoms with van der Waals surface area (Å²) in [6, 6.07) is 0. The zero-order valence-electron chi connectivity index (χ0n) is 10.9. The van der Waals surface area contributed by atoms with E-state index >= 15 is 0 Å². The number of rotatable bonds is 3. The van der Waals surface area contributed by atoms with Crippen LogP contribution in [0.2, 0.25) is 0 Å². The van der Waals surface area contributed by atoms with Crippen molar-refractivity contribution in [2.45, 2.75) is 45.3 Å². The van der Waals surface area contributed by atoms with Gasteiger partial charge in [-0.3, -0.25) is 4.79 Å². The molecule has 2 fully saturated rings. The van der Waals surface area contributed by atoms with Gasteiger partial charge < -0.3 is 14.4 Å². The first-order valence-corrected chi connectivity index (χ1v) is 6.77. The number of hydrogen-bond acceptors (Lipinski definition) is 3. The van der Waals surface area contributed by atoms with Crippen molar-refractivity contribution >= 4 is 5.91 Å². The molecule has 17 heavy (non-hydrogen) atoms. The van der Waals surface area contributed by atoms with Crippen molar-refractivity contribution in [2.24, 2.45) is 5.92 Å². The number of nitrogens with zero attached hydrogens (tertiary/aromatic N) is 1. The maximum Gasteiger partial charge on any atom is 0.225 e. The molecule has 0 bridgehead atoms. The molecular formula is C13H23NO3. The van der Waals surface area contributed by atoms with Crippen LogP contribution in [0, 0.1) is 5.92 Å². The van der Waals surface area contributed by atoms with Crippen molar-refractivity contribution in [1.29, 1.82) is 0 Å².